The molecule has 9 heteroatoms. The molecular formula is C15H27N3O6. The van der Waals surface area contributed by atoms with Crippen molar-refractivity contribution in [1.82, 2.24) is 10.2 Å². The van der Waals surface area contributed by atoms with E-state index in [0.717, 1.165) is 12.8 Å². The third-order valence-electron chi connectivity index (χ3n) is 4.82. The summed E-state index contributed by atoms with van der Waals surface area (Å²) < 4.78 is 0. The second-order valence-corrected chi connectivity index (χ2v) is 6.79. The molecule has 2 rings (SSSR count). The minimum atomic E-state index is -1.96. The molecular weight excluding hydrogens is 318 g/mol. The van der Waals surface area contributed by atoms with Gasteiger partial charge in [-0.05, 0) is 12.8 Å². The predicted molar refractivity (Wildman–Crippen MR) is 83.6 cm³/mol. The highest BCUT2D eigenvalue weighted by atomic mass is 16.4. The van der Waals surface area contributed by atoms with Gasteiger partial charge in [0.2, 0.25) is 5.91 Å². The van der Waals surface area contributed by atoms with E-state index in [1.165, 1.54) is 0 Å². The van der Waals surface area contributed by atoms with E-state index in [1.54, 1.807) is 4.90 Å². The van der Waals surface area contributed by atoms with Crippen LogP contribution in [-0.4, -0.2) is 86.7 Å². The van der Waals surface area contributed by atoms with Crippen LogP contribution in [-0.2, 0) is 9.59 Å². The number of nitrogens with one attached hydrogen (secondary N) is 1. The van der Waals surface area contributed by atoms with Gasteiger partial charge in [-0.1, -0.05) is 0 Å². The van der Waals surface area contributed by atoms with Crippen molar-refractivity contribution in [1.29, 1.82) is 0 Å². The van der Waals surface area contributed by atoms with Crippen molar-refractivity contribution >= 4 is 11.8 Å². The van der Waals surface area contributed by atoms with Gasteiger partial charge in [0.25, 0.3) is 5.91 Å². The Balaban J connectivity index is 1.77. The van der Waals surface area contributed by atoms with Crippen molar-refractivity contribution in [3.05, 3.63) is 0 Å². The van der Waals surface area contributed by atoms with E-state index in [-0.39, 0.29) is 37.8 Å². The van der Waals surface area contributed by atoms with Gasteiger partial charge in [0.15, 0.2) is 0 Å². The first-order chi connectivity index (χ1) is 11.2. The Morgan fingerprint density at radius 1 is 1.12 bits per heavy atom. The van der Waals surface area contributed by atoms with Crippen molar-refractivity contribution in [2.45, 2.75) is 62.1 Å². The molecule has 1 saturated heterocycles. The van der Waals surface area contributed by atoms with Crippen LogP contribution in [0.5, 0.6) is 0 Å². The lowest BCUT2D eigenvalue weighted by Crippen LogP contribution is -2.59. The molecule has 0 aromatic rings. The van der Waals surface area contributed by atoms with Crippen molar-refractivity contribution in [2.75, 3.05) is 19.6 Å². The standard InChI is InChI=1S/C15H27N3O6/c16-9-2-5-18(6-3-9)12(21)1-4-17-14(23)15(24)7-10(19)13(22)11(20)8-15/h9-11,13,19-20,22,24H,1-8,16H2,(H,17,23). The van der Waals surface area contributed by atoms with Crippen LogP contribution in [0.1, 0.15) is 32.1 Å². The predicted octanol–water partition coefficient (Wildman–Crippen LogP) is -2.95. The summed E-state index contributed by atoms with van der Waals surface area (Å²) in [5, 5.41) is 41.5. The van der Waals surface area contributed by atoms with Crippen molar-refractivity contribution in [2.24, 2.45) is 5.73 Å². The Kier molecular flexibility index (Phi) is 6.16. The molecule has 2 aliphatic rings. The average molecular weight is 345 g/mol. The highest BCUT2D eigenvalue weighted by Gasteiger charge is 2.48. The molecule has 0 aromatic heterocycles. The summed E-state index contributed by atoms with van der Waals surface area (Å²) in [6, 6.07) is 0.127. The zero-order chi connectivity index (χ0) is 17.9. The van der Waals surface area contributed by atoms with Gasteiger partial charge in [0.05, 0.1) is 12.2 Å². The lowest BCUT2D eigenvalue weighted by atomic mass is 9.79. The van der Waals surface area contributed by atoms with E-state index in [2.05, 4.69) is 5.32 Å². The number of carbonyl (C=O) groups is 2. The third-order valence-corrected chi connectivity index (χ3v) is 4.82. The molecule has 0 radical (unpaired) electrons. The van der Waals surface area contributed by atoms with Crippen LogP contribution >= 0.6 is 0 Å². The molecule has 2 unspecified atom stereocenters. The summed E-state index contributed by atoms with van der Waals surface area (Å²) in [6.07, 6.45) is -3.27. The first kappa shape index (κ1) is 19.1. The third kappa shape index (κ3) is 4.42. The van der Waals surface area contributed by atoms with Gasteiger partial charge in [0.1, 0.15) is 11.7 Å². The summed E-state index contributed by atoms with van der Waals surface area (Å²) in [4.78, 5) is 25.9. The number of carbonyl (C=O) groups excluding carboxylic acids is 2. The van der Waals surface area contributed by atoms with Crippen LogP contribution in [0.15, 0.2) is 0 Å². The zero-order valence-corrected chi connectivity index (χ0v) is 13.6. The molecule has 0 spiro atoms. The topological polar surface area (TPSA) is 156 Å². The second kappa shape index (κ2) is 7.75. The Morgan fingerprint density at radius 3 is 2.21 bits per heavy atom. The summed E-state index contributed by atoms with van der Waals surface area (Å²) >= 11 is 0. The largest absolute Gasteiger partial charge is 0.390 e. The van der Waals surface area contributed by atoms with E-state index in [1.807, 2.05) is 0 Å². The molecule has 1 heterocycles. The number of amides is 2. The molecule has 7 N–H and O–H groups in total. The van der Waals surface area contributed by atoms with Crippen molar-refractivity contribution in [3.8, 4) is 0 Å². The number of hydrogen-bond acceptors (Lipinski definition) is 7. The highest BCUT2D eigenvalue weighted by molar-refractivity contribution is 5.86. The lowest BCUT2D eigenvalue weighted by molar-refractivity contribution is -0.172. The number of likely N-dealkylation sites (tertiary alicyclic amines) is 1. The number of piperidine rings is 1. The zero-order valence-electron chi connectivity index (χ0n) is 13.6. The summed E-state index contributed by atoms with van der Waals surface area (Å²) in [5.74, 6) is -0.853. The van der Waals surface area contributed by atoms with Gasteiger partial charge in [-0.15, -0.1) is 0 Å². The second-order valence-electron chi connectivity index (χ2n) is 6.79. The van der Waals surface area contributed by atoms with Gasteiger partial charge in [-0.2, -0.15) is 0 Å². The molecule has 0 bridgehead atoms. The van der Waals surface area contributed by atoms with Gasteiger partial charge in [-0.25, -0.2) is 0 Å². The summed E-state index contributed by atoms with van der Waals surface area (Å²) in [7, 11) is 0. The number of aliphatic hydroxyl groups excluding tert-OH is 3. The number of nitrogens with two attached hydrogens (primary N) is 1. The van der Waals surface area contributed by atoms with Crippen LogP contribution in [0.4, 0.5) is 0 Å². The Bertz CT molecular complexity index is 454. The molecule has 2 fully saturated rings. The minimum absolute atomic E-state index is 0.0529. The van der Waals surface area contributed by atoms with Crippen LogP contribution < -0.4 is 11.1 Å². The highest BCUT2D eigenvalue weighted by Crippen LogP contribution is 2.29. The molecule has 9 nitrogen and oxygen atoms in total. The number of nitrogens with zero attached hydrogens (tertiary/aromatic N) is 1. The van der Waals surface area contributed by atoms with E-state index < -0.39 is 29.8 Å². The monoisotopic (exact) mass is 345 g/mol. The summed E-state index contributed by atoms with van der Waals surface area (Å²) in [5.41, 5.74) is 3.83. The number of aliphatic hydroxyl groups is 4. The smallest absolute Gasteiger partial charge is 0.252 e. The van der Waals surface area contributed by atoms with Gasteiger partial charge < -0.3 is 36.4 Å². The first-order valence-corrected chi connectivity index (χ1v) is 8.31. The Labute approximate surface area is 140 Å². The quantitative estimate of drug-likeness (QED) is 0.318. The molecule has 1 saturated carbocycles. The molecule has 0 aromatic carbocycles. The van der Waals surface area contributed by atoms with Gasteiger partial charge in [0, 0.05) is 44.9 Å². The SMILES string of the molecule is NC1CCN(C(=O)CCNC(=O)C2(O)CC(O)C(O)C(O)C2)CC1. The van der Waals surface area contributed by atoms with E-state index in [0.29, 0.717) is 13.1 Å². The number of rotatable bonds is 4. The molecule has 2 atom stereocenters. The normalized spacial score (nSPS) is 34.9. The van der Waals surface area contributed by atoms with Crippen LogP contribution in [0.25, 0.3) is 0 Å². The maximum atomic E-state index is 12.1. The van der Waals surface area contributed by atoms with Gasteiger partial charge >= 0.3 is 0 Å². The maximum absolute atomic E-state index is 12.1. The minimum Gasteiger partial charge on any atom is -0.390 e. The molecule has 24 heavy (non-hydrogen) atoms. The van der Waals surface area contributed by atoms with Crippen molar-refractivity contribution in [3.63, 3.8) is 0 Å². The number of hydrogen-bond donors (Lipinski definition) is 6. The van der Waals surface area contributed by atoms with E-state index in [4.69, 9.17) is 5.73 Å². The van der Waals surface area contributed by atoms with E-state index >= 15 is 0 Å². The fraction of sp³-hybridized carbons (Fsp3) is 0.867. The summed E-state index contributed by atoms with van der Waals surface area (Å²) in [6.45, 7) is 1.26. The Morgan fingerprint density at radius 2 is 1.67 bits per heavy atom. The maximum Gasteiger partial charge on any atom is 0.252 e. The van der Waals surface area contributed by atoms with Crippen LogP contribution in [0.2, 0.25) is 0 Å². The fourth-order valence-electron chi connectivity index (χ4n) is 3.21. The lowest BCUT2D eigenvalue weighted by Gasteiger charge is -2.39. The fourth-order valence-corrected chi connectivity index (χ4v) is 3.21. The van der Waals surface area contributed by atoms with Crippen molar-refractivity contribution < 1.29 is 30.0 Å². The molecule has 2 amide bonds. The van der Waals surface area contributed by atoms with Crippen LogP contribution in [0.3, 0.4) is 0 Å². The average Bonchev–Trinajstić information content (AvgIpc) is 2.53. The first-order valence-electron chi connectivity index (χ1n) is 8.31. The van der Waals surface area contributed by atoms with Gasteiger partial charge in [-0.3, -0.25) is 9.59 Å². The molecule has 1 aliphatic heterocycles. The molecule has 1 aliphatic carbocycles. The molecule has 138 valence electrons. The Hall–Kier alpha value is -1.26. The van der Waals surface area contributed by atoms with E-state index in [9.17, 15) is 30.0 Å². The van der Waals surface area contributed by atoms with Crippen LogP contribution in [0, 0.1) is 0 Å².